The lowest BCUT2D eigenvalue weighted by Gasteiger charge is -2.31. The zero-order valence-corrected chi connectivity index (χ0v) is 10.1. The van der Waals surface area contributed by atoms with E-state index in [9.17, 15) is 14.9 Å². The summed E-state index contributed by atoms with van der Waals surface area (Å²) in [6.45, 7) is 1.38. The zero-order chi connectivity index (χ0) is 12.7. The van der Waals surface area contributed by atoms with Gasteiger partial charge in [0, 0.05) is 6.54 Å². The van der Waals surface area contributed by atoms with Gasteiger partial charge in [-0.3, -0.25) is 9.69 Å². The lowest BCUT2D eigenvalue weighted by molar-refractivity contribution is -0.757. The van der Waals surface area contributed by atoms with Gasteiger partial charge in [0.25, 0.3) is 5.09 Å². The Balaban J connectivity index is 2.13. The molecule has 1 N–H and O–H groups in total. The molecule has 17 heavy (non-hydrogen) atoms. The van der Waals surface area contributed by atoms with E-state index in [4.69, 9.17) is 0 Å². The molecule has 1 amide bonds. The molecule has 0 spiro atoms. The number of carbonyl (C=O) groups is 1. The molecule has 0 bridgehead atoms. The van der Waals surface area contributed by atoms with E-state index >= 15 is 0 Å². The van der Waals surface area contributed by atoms with Gasteiger partial charge in [0.05, 0.1) is 12.6 Å². The van der Waals surface area contributed by atoms with Crippen LogP contribution in [-0.2, 0) is 9.63 Å². The molecule has 7 nitrogen and oxygen atoms in total. The number of nitrogens with one attached hydrogen (secondary N) is 1. The first-order valence-corrected chi connectivity index (χ1v) is 5.86. The van der Waals surface area contributed by atoms with Crippen LogP contribution in [0.25, 0.3) is 0 Å². The van der Waals surface area contributed by atoms with E-state index < -0.39 is 5.09 Å². The summed E-state index contributed by atoms with van der Waals surface area (Å²) >= 11 is 0. The second-order valence-electron chi connectivity index (χ2n) is 4.19. The molecule has 1 aliphatic rings. The van der Waals surface area contributed by atoms with Gasteiger partial charge in [0.2, 0.25) is 5.91 Å². The van der Waals surface area contributed by atoms with Crippen LogP contribution in [0, 0.1) is 10.1 Å². The van der Waals surface area contributed by atoms with Gasteiger partial charge >= 0.3 is 0 Å². The maximum Gasteiger partial charge on any atom is 0.294 e. The highest BCUT2D eigenvalue weighted by Crippen LogP contribution is 2.14. The summed E-state index contributed by atoms with van der Waals surface area (Å²) in [7, 11) is 1.94. The van der Waals surface area contributed by atoms with Crippen LogP contribution in [0.3, 0.4) is 0 Å². The third-order valence-electron chi connectivity index (χ3n) is 2.89. The maximum absolute atomic E-state index is 11.8. The molecule has 1 unspecified atom stereocenters. The minimum Gasteiger partial charge on any atom is -0.355 e. The fourth-order valence-corrected chi connectivity index (χ4v) is 1.95. The van der Waals surface area contributed by atoms with Crippen LogP contribution in [0.1, 0.15) is 25.7 Å². The normalized spacial score (nSPS) is 20.9. The Morgan fingerprint density at radius 1 is 1.59 bits per heavy atom. The lowest BCUT2D eigenvalue weighted by Crippen LogP contribution is -2.47. The van der Waals surface area contributed by atoms with Gasteiger partial charge in [0.15, 0.2) is 0 Å². The van der Waals surface area contributed by atoms with E-state index in [0.29, 0.717) is 13.0 Å². The highest BCUT2D eigenvalue weighted by atomic mass is 16.9. The summed E-state index contributed by atoms with van der Waals surface area (Å²) in [4.78, 5) is 27.9. The number of carbonyl (C=O) groups excluding carboxylic acids is 1. The summed E-state index contributed by atoms with van der Waals surface area (Å²) < 4.78 is 0. The van der Waals surface area contributed by atoms with Crippen LogP contribution in [0.2, 0.25) is 0 Å². The summed E-state index contributed by atoms with van der Waals surface area (Å²) in [5.74, 6) is 0.00769. The summed E-state index contributed by atoms with van der Waals surface area (Å²) in [6, 6.07) is -0.0554. The van der Waals surface area contributed by atoms with E-state index in [-0.39, 0.29) is 18.6 Å². The second-order valence-corrected chi connectivity index (χ2v) is 4.19. The van der Waals surface area contributed by atoms with Crippen molar-refractivity contribution in [2.45, 2.75) is 31.7 Å². The van der Waals surface area contributed by atoms with Crippen molar-refractivity contribution in [3.05, 3.63) is 10.1 Å². The number of piperidine rings is 1. The summed E-state index contributed by atoms with van der Waals surface area (Å²) in [5, 5.41) is 11.8. The van der Waals surface area contributed by atoms with Gasteiger partial charge in [0.1, 0.15) is 0 Å². The van der Waals surface area contributed by atoms with Gasteiger partial charge in [-0.05, 0) is 32.9 Å². The monoisotopic (exact) mass is 245 g/mol. The van der Waals surface area contributed by atoms with Crippen molar-refractivity contribution in [2.24, 2.45) is 0 Å². The first-order chi connectivity index (χ1) is 8.11. The molecule has 0 radical (unpaired) electrons. The fourth-order valence-electron chi connectivity index (χ4n) is 1.95. The first-order valence-electron chi connectivity index (χ1n) is 5.86. The van der Waals surface area contributed by atoms with E-state index in [0.717, 1.165) is 25.8 Å². The molecule has 1 saturated heterocycles. The molecular formula is C10H19N3O4. The second kappa shape index (κ2) is 7.05. The van der Waals surface area contributed by atoms with Crippen LogP contribution < -0.4 is 5.32 Å². The van der Waals surface area contributed by atoms with Crippen molar-refractivity contribution in [3.8, 4) is 0 Å². The lowest BCUT2D eigenvalue weighted by atomic mass is 10.0. The average Bonchev–Trinajstić information content (AvgIpc) is 2.28. The van der Waals surface area contributed by atoms with Crippen molar-refractivity contribution in [2.75, 3.05) is 26.7 Å². The third-order valence-corrected chi connectivity index (χ3v) is 2.89. The number of amides is 1. The van der Waals surface area contributed by atoms with Crippen molar-refractivity contribution in [3.63, 3.8) is 0 Å². The van der Waals surface area contributed by atoms with Gasteiger partial charge in [-0.2, -0.15) is 0 Å². The highest BCUT2D eigenvalue weighted by Gasteiger charge is 2.25. The minimum absolute atomic E-state index is 0.00769. The van der Waals surface area contributed by atoms with Crippen molar-refractivity contribution in [1.82, 2.24) is 10.2 Å². The maximum atomic E-state index is 11.8. The molecule has 0 saturated carbocycles. The smallest absolute Gasteiger partial charge is 0.294 e. The standard InChI is InChI=1S/C10H19N3O4/c1-12-7-3-2-5-9(12)10(14)11-6-4-8-17-13(15)16/h9H,2-8H2,1H3,(H,11,14). The third kappa shape index (κ3) is 4.99. The van der Waals surface area contributed by atoms with Crippen molar-refractivity contribution in [1.29, 1.82) is 0 Å². The van der Waals surface area contributed by atoms with Crippen molar-refractivity contribution >= 4 is 5.91 Å². The number of rotatable bonds is 6. The average molecular weight is 245 g/mol. The van der Waals surface area contributed by atoms with E-state index in [1.54, 1.807) is 0 Å². The predicted molar refractivity (Wildman–Crippen MR) is 60.8 cm³/mol. The Kier molecular flexibility index (Phi) is 5.68. The van der Waals surface area contributed by atoms with E-state index in [2.05, 4.69) is 10.2 Å². The van der Waals surface area contributed by atoms with Gasteiger partial charge in [-0.25, -0.2) is 0 Å². The molecule has 0 aromatic rings. The highest BCUT2D eigenvalue weighted by molar-refractivity contribution is 5.81. The number of likely N-dealkylation sites (tertiary alicyclic amines) is 1. The molecule has 0 aliphatic carbocycles. The quantitative estimate of drug-likeness (QED) is 0.410. The minimum atomic E-state index is -0.823. The van der Waals surface area contributed by atoms with Crippen molar-refractivity contribution < 1.29 is 14.7 Å². The molecular weight excluding hydrogens is 226 g/mol. The Hall–Kier alpha value is -1.37. The van der Waals surface area contributed by atoms with Crippen LogP contribution in [0.4, 0.5) is 0 Å². The van der Waals surface area contributed by atoms with Crippen LogP contribution in [-0.4, -0.2) is 48.7 Å². The van der Waals surface area contributed by atoms with Gasteiger partial charge in [-0.1, -0.05) is 6.42 Å². The molecule has 1 fully saturated rings. The first kappa shape index (κ1) is 13.7. The summed E-state index contributed by atoms with van der Waals surface area (Å²) in [5.41, 5.74) is 0. The molecule has 1 rings (SSSR count). The Bertz CT molecular complexity index is 272. The zero-order valence-electron chi connectivity index (χ0n) is 10.1. The van der Waals surface area contributed by atoms with E-state index in [1.165, 1.54) is 0 Å². The molecule has 1 aliphatic heterocycles. The molecule has 0 aromatic heterocycles. The van der Waals surface area contributed by atoms with Crippen LogP contribution >= 0.6 is 0 Å². The number of nitrogens with zero attached hydrogens (tertiary/aromatic N) is 2. The van der Waals surface area contributed by atoms with Crippen LogP contribution in [0.5, 0.6) is 0 Å². The number of hydrogen-bond donors (Lipinski definition) is 1. The summed E-state index contributed by atoms with van der Waals surface area (Å²) in [6.07, 6.45) is 3.54. The number of hydrogen-bond acceptors (Lipinski definition) is 5. The predicted octanol–water partition coefficient (Wildman–Crippen LogP) is 0.185. The van der Waals surface area contributed by atoms with Gasteiger partial charge in [-0.15, -0.1) is 10.1 Å². The molecule has 1 heterocycles. The molecule has 98 valence electrons. The molecule has 7 heteroatoms. The Morgan fingerprint density at radius 2 is 2.35 bits per heavy atom. The Labute approximate surface area is 100 Å². The van der Waals surface area contributed by atoms with Gasteiger partial charge < -0.3 is 10.2 Å². The Morgan fingerprint density at radius 3 is 3.00 bits per heavy atom. The molecule has 0 aromatic carbocycles. The molecule has 1 atom stereocenters. The van der Waals surface area contributed by atoms with E-state index in [1.807, 2.05) is 11.9 Å². The topological polar surface area (TPSA) is 84.7 Å². The SMILES string of the molecule is CN1CCCCC1C(=O)NCCCO[N+](=O)[O-]. The number of likely N-dealkylation sites (N-methyl/N-ethyl adjacent to an activating group) is 1. The fraction of sp³-hybridized carbons (Fsp3) is 0.900. The largest absolute Gasteiger partial charge is 0.355 e. The van der Waals surface area contributed by atoms with Crippen LogP contribution in [0.15, 0.2) is 0 Å².